The Hall–Kier alpha value is -1.98. The Bertz CT molecular complexity index is 870. The topological polar surface area (TPSA) is 93.8 Å². The highest BCUT2D eigenvalue weighted by molar-refractivity contribution is 8.01. The molecule has 25 heavy (non-hydrogen) atoms. The van der Waals surface area contributed by atoms with Crippen LogP contribution in [0.5, 0.6) is 0 Å². The average molecular weight is 397 g/mol. The van der Waals surface area contributed by atoms with E-state index < -0.39 is 0 Å². The van der Waals surface area contributed by atoms with Crippen molar-refractivity contribution in [2.75, 3.05) is 16.8 Å². The molecule has 1 N–H and O–H groups in total. The molecule has 7 nitrogen and oxygen atoms in total. The van der Waals surface area contributed by atoms with E-state index >= 15 is 0 Å². The summed E-state index contributed by atoms with van der Waals surface area (Å²) in [6.45, 7) is 2.02. The van der Waals surface area contributed by atoms with Crippen LogP contribution in [0.4, 0.5) is 9.52 Å². The van der Waals surface area contributed by atoms with Crippen LogP contribution >= 0.6 is 34.9 Å². The number of amides is 1. The van der Waals surface area contributed by atoms with Gasteiger partial charge in [0.1, 0.15) is 5.82 Å². The summed E-state index contributed by atoms with van der Waals surface area (Å²) < 4.78 is 19.4. The van der Waals surface area contributed by atoms with Crippen LogP contribution in [-0.2, 0) is 4.79 Å². The standard InChI is InChI=1S/C14H12FN5O2S3/c1-2-23-14-20-18-12(25-14)16-10(21)7-24-13-19-17-11(22-13)8-4-3-5-9(15)6-8/h3-6H,2,7H2,1H3,(H,16,18,21). The van der Waals surface area contributed by atoms with Gasteiger partial charge in [-0.05, 0) is 24.0 Å². The smallest absolute Gasteiger partial charge is 0.277 e. The monoisotopic (exact) mass is 397 g/mol. The second kappa shape index (κ2) is 8.41. The van der Waals surface area contributed by atoms with Crippen molar-refractivity contribution >= 4 is 45.9 Å². The molecule has 11 heteroatoms. The van der Waals surface area contributed by atoms with Gasteiger partial charge in [0.25, 0.3) is 5.22 Å². The normalized spacial score (nSPS) is 10.8. The van der Waals surface area contributed by atoms with Gasteiger partial charge in [-0.1, -0.05) is 47.9 Å². The summed E-state index contributed by atoms with van der Waals surface area (Å²) in [4.78, 5) is 11.9. The number of benzene rings is 1. The van der Waals surface area contributed by atoms with Crippen LogP contribution in [-0.4, -0.2) is 37.8 Å². The lowest BCUT2D eigenvalue weighted by atomic mass is 10.2. The van der Waals surface area contributed by atoms with Gasteiger partial charge in [-0.3, -0.25) is 10.1 Å². The number of anilines is 1. The number of nitrogens with zero attached hydrogens (tertiary/aromatic N) is 4. The summed E-state index contributed by atoms with van der Waals surface area (Å²) in [6, 6.07) is 5.86. The Kier molecular flexibility index (Phi) is 6.00. The van der Waals surface area contributed by atoms with Gasteiger partial charge >= 0.3 is 0 Å². The molecule has 0 bridgehead atoms. The minimum atomic E-state index is -0.387. The van der Waals surface area contributed by atoms with Crippen molar-refractivity contribution in [3.8, 4) is 11.5 Å². The molecule has 2 heterocycles. The van der Waals surface area contributed by atoms with E-state index in [1.807, 2.05) is 6.92 Å². The molecule has 130 valence electrons. The SMILES string of the molecule is CCSc1nnc(NC(=O)CSc2nnc(-c3cccc(F)c3)o2)s1. The highest BCUT2D eigenvalue weighted by atomic mass is 32.2. The van der Waals surface area contributed by atoms with Gasteiger partial charge in [-0.2, -0.15) is 0 Å². The quantitative estimate of drug-likeness (QED) is 0.478. The van der Waals surface area contributed by atoms with Crippen LogP contribution in [0.1, 0.15) is 6.92 Å². The van der Waals surface area contributed by atoms with Crippen molar-refractivity contribution in [3.05, 3.63) is 30.1 Å². The van der Waals surface area contributed by atoms with E-state index in [1.165, 1.54) is 23.5 Å². The lowest BCUT2D eigenvalue weighted by molar-refractivity contribution is -0.113. The summed E-state index contributed by atoms with van der Waals surface area (Å²) in [5, 5.41) is 18.9. The van der Waals surface area contributed by atoms with Gasteiger partial charge < -0.3 is 4.42 Å². The molecule has 0 aliphatic carbocycles. The summed E-state index contributed by atoms with van der Waals surface area (Å²) >= 11 is 3.98. The van der Waals surface area contributed by atoms with E-state index in [1.54, 1.807) is 23.9 Å². The van der Waals surface area contributed by atoms with Crippen molar-refractivity contribution in [2.45, 2.75) is 16.5 Å². The molecule has 3 aromatic rings. The zero-order valence-electron chi connectivity index (χ0n) is 12.9. The minimum absolute atomic E-state index is 0.0839. The predicted octanol–water partition coefficient (Wildman–Crippen LogP) is 3.57. The first-order valence-electron chi connectivity index (χ1n) is 7.12. The van der Waals surface area contributed by atoms with Crippen molar-refractivity contribution < 1.29 is 13.6 Å². The van der Waals surface area contributed by atoms with E-state index in [4.69, 9.17) is 4.42 Å². The third-order valence-corrected chi connectivity index (χ3v) is 5.40. The number of halogens is 1. The molecule has 0 radical (unpaired) electrons. The van der Waals surface area contributed by atoms with Crippen LogP contribution in [0.2, 0.25) is 0 Å². The first-order valence-corrected chi connectivity index (χ1v) is 9.91. The van der Waals surface area contributed by atoms with Gasteiger partial charge in [0, 0.05) is 5.56 Å². The fourth-order valence-electron chi connectivity index (χ4n) is 1.73. The predicted molar refractivity (Wildman–Crippen MR) is 95.4 cm³/mol. The molecule has 0 aliphatic rings. The van der Waals surface area contributed by atoms with Crippen LogP contribution < -0.4 is 5.32 Å². The fourth-order valence-corrected chi connectivity index (χ4v) is 3.96. The highest BCUT2D eigenvalue weighted by Crippen LogP contribution is 2.26. The lowest BCUT2D eigenvalue weighted by Crippen LogP contribution is -2.13. The number of hydrogen-bond donors (Lipinski definition) is 1. The summed E-state index contributed by atoms with van der Waals surface area (Å²) in [5.74, 6) is 0.540. The highest BCUT2D eigenvalue weighted by Gasteiger charge is 2.13. The number of rotatable bonds is 7. The molecule has 3 rings (SSSR count). The van der Waals surface area contributed by atoms with Crippen molar-refractivity contribution in [1.29, 1.82) is 0 Å². The first kappa shape index (κ1) is 17.8. The molecule has 1 aromatic carbocycles. The fraction of sp³-hybridized carbons (Fsp3) is 0.214. The zero-order valence-corrected chi connectivity index (χ0v) is 15.4. The summed E-state index contributed by atoms with van der Waals surface area (Å²) in [6.07, 6.45) is 0. The molecule has 0 unspecified atom stereocenters. The van der Waals surface area contributed by atoms with Crippen molar-refractivity contribution in [1.82, 2.24) is 20.4 Å². The number of hydrogen-bond acceptors (Lipinski definition) is 9. The third-order valence-electron chi connectivity index (χ3n) is 2.73. The number of aromatic nitrogens is 4. The molecular weight excluding hydrogens is 385 g/mol. The second-order valence-electron chi connectivity index (χ2n) is 4.53. The van der Waals surface area contributed by atoms with Gasteiger partial charge in [-0.25, -0.2) is 4.39 Å². The van der Waals surface area contributed by atoms with Gasteiger partial charge in [0.05, 0.1) is 5.75 Å². The molecule has 0 fully saturated rings. The third kappa shape index (κ3) is 5.00. The van der Waals surface area contributed by atoms with Gasteiger partial charge in [0.15, 0.2) is 4.34 Å². The van der Waals surface area contributed by atoms with Crippen LogP contribution in [0, 0.1) is 5.82 Å². The van der Waals surface area contributed by atoms with Gasteiger partial charge in [0.2, 0.25) is 16.9 Å². The largest absolute Gasteiger partial charge is 0.411 e. The van der Waals surface area contributed by atoms with E-state index in [0.717, 1.165) is 21.9 Å². The molecule has 2 aromatic heterocycles. The first-order chi connectivity index (χ1) is 12.1. The van der Waals surface area contributed by atoms with E-state index in [-0.39, 0.29) is 28.6 Å². The average Bonchev–Trinajstić information content (AvgIpc) is 3.23. The lowest BCUT2D eigenvalue weighted by Gasteiger charge is -1.98. The van der Waals surface area contributed by atoms with Crippen LogP contribution in [0.15, 0.2) is 38.2 Å². The number of carbonyl (C=O) groups is 1. The number of nitrogens with one attached hydrogen (secondary N) is 1. The number of carbonyl (C=O) groups excluding carboxylic acids is 1. The molecule has 0 atom stereocenters. The van der Waals surface area contributed by atoms with Crippen molar-refractivity contribution in [3.63, 3.8) is 0 Å². The Balaban J connectivity index is 1.54. The second-order valence-corrected chi connectivity index (χ2v) is 7.94. The minimum Gasteiger partial charge on any atom is -0.411 e. The van der Waals surface area contributed by atoms with Crippen molar-refractivity contribution in [2.24, 2.45) is 0 Å². The molecule has 1 amide bonds. The van der Waals surface area contributed by atoms with Crippen LogP contribution in [0.25, 0.3) is 11.5 Å². The van der Waals surface area contributed by atoms with E-state index in [2.05, 4.69) is 25.7 Å². The van der Waals surface area contributed by atoms with E-state index in [9.17, 15) is 9.18 Å². The zero-order chi connectivity index (χ0) is 17.6. The summed E-state index contributed by atoms with van der Waals surface area (Å²) in [7, 11) is 0. The maximum atomic E-state index is 13.2. The van der Waals surface area contributed by atoms with Gasteiger partial charge in [-0.15, -0.1) is 20.4 Å². The molecule has 0 spiro atoms. The Morgan fingerprint density at radius 3 is 2.96 bits per heavy atom. The maximum Gasteiger partial charge on any atom is 0.277 e. The molecule has 0 saturated heterocycles. The summed E-state index contributed by atoms with van der Waals surface area (Å²) in [5.41, 5.74) is 0.485. The Morgan fingerprint density at radius 2 is 2.16 bits per heavy atom. The molecular formula is C14H12FN5O2S3. The number of thioether (sulfide) groups is 2. The Morgan fingerprint density at radius 1 is 1.28 bits per heavy atom. The van der Waals surface area contributed by atoms with Crippen LogP contribution in [0.3, 0.4) is 0 Å². The molecule has 0 saturated carbocycles. The van der Waals surface area contributed by atoms with E-state index in [0.29, 0.717) is 10.7 Å². The maximum absolute atomic E-state index is 13.2. The molecule has 0 aliphatic heterocycles. The Labute approximate surface area is 154 Å².